The lowest BCUT2D eigenvalue weighted by Gasteiger charge is -2.12. The maximum absolute atomic E-state index is 13.2. The number of nitrogens with zero attached hydrogens (tertiary/aromatic N) is 3. The molecule has 1 heterocycles. The second kappa shape index (κ2) is 11.2. The van der Waals surface area contributed by atoms with Gasteiger partial charge in [-0.2, -0.15) is 0 Å². The third-order valence-corrected chi connectivity index (χ3v) is 6.58. The lowest BCUT2D eigenvalue weighted by Crippen LogP contribution is -2.17. The van der Waals surface area contributed by atoms with Gasteiger partial charge in [0.15, 0.2) is 11.6 Å². The van der Waals surface area contributed by atoms with Crippen LogP contribution >= 0.6 is 0 Å². The summed E-state index contributed by atoms with van der Waals surface area (Å²) in [6.07, 6.45) is -2.28. The maximum atomic E-state index is 13.2. The zero-order valence-electron chi connectivity index (χ0n) is 21.9. The molecule has 5 rings (SSSR count). The van der Waals surface area contributed by atoms with Crippen LogP contribution in [0.3, 0.4) is 0 Å². The molecule has 5 nitrogen and oxygen atoms in total. The van der Waals surface area contributed by atoms with Crippen molar-refractivity contribution in [2.24, 2.45) is 0 Å². The third kappa shape index (κ3) is 6.29. The van der Waals surface area contributed by atoms with Gasteiger partial charge >= 0.3 is 6.36 Å². The van der Waals surface area contributed by atoms with Crippen molar-refractivity contribution in [1.82, 2.24) is 14.8 Å². The van der Waals surface area contributed by atoms with Crippen molar-refractivity contribution in [1.29, 1.82) is 0 Å². The number of halogens is 3. The molecule has 0 unspecified atom stereocenters. The van der Waals surface area contributed by atoms with Crippen LogP contribution in [0.5, 0.6) is 5.75 Å². The molecule has 0 saturated heterocycles. The lowest BCUT2D eigenvalue weighted by atomic mass is 9.91. The first-order valence-electron chi connectivity index (χ1n) is 12.7. The van der Waals surface area contributed by atoms with Crippen LogP contribution in [-0.2, 0) is 6.42 Å². The summed E-state index contributed by atoms with van der Waals surface area (Å²) in [6.45, 7) is 4.12. The minimum absolute atomic E-state index is 0.0895. The molecule has 40 heavy (non-hydrogen) atoms. The quantitative estimate of drug-likeness (QED) is 0.187. The Bertz CT molecular complexity index is 1640. The molecule has 0 bridgehead atoms. The van der Waals surface area contributed by atoms with Gasteiger partial charge in [0.05, 0.1) is 5.69 Å². The molecule has 0 aliphatic carbocycles. The number of rotatable bonds is 8. The van der Waals surface area contributed by atoms with Crippen molar-refractivity contribution in [2.45, 2.75) is 33.1 Å². The van der Waals surface area contributed by atoms with E-state index in [4.69, 9.17) is 0 Å². The van der Waals surface area contributed by atoms with Crippen molar-refractivity contribution in [2.75, 3.05) is 0 Å². The SMILES string of the molecule is Cc1ccc(-c2ccccc2C(=O)CCc2ccc(-c3ncn(-c4ccc(OC(F)(F)F)cc4)n3)cc2)c(C)c1. The molecular weight excluding hydrogens is 515 g/mol. The predicted molar refractivity (Wildman–Crippen MR) is 147 cm³/mol. The van der Waals surface area contributed by atoms with Gasteiger partial charge in [-0.1, -0.05) is 72.3 Å². The van der Waals surface area contributed by atoms with E-state index in [1.807, 2.05) is 48.5 Å². The molecule has 1 aromatic heterocycles. The highest BCUT2D eigenvalue weighted by molar-refractivity contribution is 6.02. The van der Waals surface area contributed by atoms with Gasteiger partial charge in [-0.05, 0) is 66.8 Å². The van der Waals surface area contributed by atoms with E-state index in [1.54, 1.807) is 0 Å². The average Bonchev–Trinajstić information content (AvgIpc) is 3.42. The van der Waals surface area contributed by atoms with E-state index in [0.717, 1.165) is 33.4 Å². The smallest absolute Gasteiger partial charge is 0.406 e. The number of carbonyl (C=O) groups excluding carboxylic acids is 1. The monoisotopic (exact) mass is 541 g/mol. The number of aromatic nitrogens is 3. The summed E-state index contributed by atoms with van der Waals surface area (Å²) in [5, 5.41) is 4.44. The van der Waals surface area contributed by atoms with Gasteiger partial charge < -0.3 is 4.74 Å². The summed E-state index contributed by atoms with van der Waals surface area (Å²) in [7, 11) is 0. The van der Waals surface area contributed by atoms with E-state index in [0.29, 0.717) is 24.4 Å². The molecule has 0 atom stereocenters. The topological polar surface area (TPSA) is 57.0 Å². The summed E-state index contributed by atoms with van der Waals surface area (Å²) in [5.74, 6) is 0.256. The number of ether oxygens (including phenoxy) is 1. The molecule has 8 heteroatoms. The Morgan fingerprint density at radius 2 is 1.60 bits per heavy atom. The van der Waals surface area contributed by atoms with Gasteiger partial charge in [0, 0.05) is 17.5 Å². The van der Waals surface area contributed by atoms with E-state index < -0.39 is 6.36 Å². The molecule has 0 radical (unpaired) electrons. The van der Waals surface area contributed by atoms with Crippen LogP contribution in [0.4, 0.5) is 13.2 Å². The van der Waals surface area contributed by atoms with Crippen LogP contribution in [0.25, 0.3) is 28.2 Å². The Morgan fingerprint density at radius 3 is 2.30 bits per heavy atom. The van der Waals surface area contributed by atoms with Crippen molar-refractivity contribution in [3.63, 3.8) is 0 Å². The number of carbonyl (C=O) groups is 1. The highest BCUT2D eigenvalue weighted by Crippen LogP contribution is 2.29. The van der Waals surface area contributed by atoms with Crippen molar-refractivity contribution in [3.8, 4) is 34.0 Å². The Kier molecular flexibility index (Phi) is 7.51. The number of ketones is 1. The molecule has 0 fully saturated rings. The zero-order valence-corrected chi connectivity index (χ0v) is 21.9. The van der Waals surface area contributed by atoms with E-state index in [1.165, 1.54) is 40.8 Å². The van der Waals surface area contributed by atoms with Crippen molar-refractivity contribution < 1.29 is 22.7 Å². The number of benzene rings is 4. The van der Waals surface area contributed by atoms with Crippen LogP contribution in [0.2, 0.25) is 0 Å². The fourth-order valence-electron chi connectivity index (χ4n) is 4.61. The van der Waals surface area contributed by atoms with Gasteiger partial charge in [-0.3, -0.25) is 4.79 Å². The van der Waals surface area contributed by atoms with Gasteiger partial charge in [0.2, 0.25) is 0 Å². The summed E-state index contributed by atoms with van der Waals surface area (Å²) in [6, 6.07) is 27.1. The molecule has 0 amide bonds. The Balaban J connectivity index is 1.24. The Morgan fingerprint density at radius 1 is 0.875 bits per heavy atom. The van der Waals surface area contributed by atoms with Gasteiger partial charge in [-0.25, -0.2) is 9.67 Å². The molecule has 0 saturated carbocycles. The normalized spacial score (nSPS) is 11.4. The van der Waals surface area contributed by atoms with Crippen molar-refractivity contribution in [3.05, 3.63) is 120 Å². The fourth-order valence-corrected chi connectivity index (χ4v) is 4.61. The summed E-state index contributed by atoms with van der Waals surface area (Å²) >= 11 is 0. The van der Waals surface area contributed by atoms with Crippen LogP contribution in [-0.4, -0.2) is 26.9 Å². The van der Waals surface area contributed by atoms with Crippen LogP contribution in [0.1, 0.15) is 33.5 Å². The largest absolute Gasteiger partial charge is 0.573 e. The fraction of sp³-hybridized carbons (Fsp3) is 0.156. The second-order valence-corrected chi connectivity index (χ2v) is 9.54. The molecule has 0 N–H and O–H groups in total. The Hall–Kier alpha value is -4.72. The highest BCUT2D eigenvalue weighted by atomic mass is 19.4. The molecule has 0 aliphatic rings. The summed E-state index contributed by atoms with van der Waals surface area (Å²) in [4.78, 5) is 17.5. The highest BCUT2D eigenvalue weighted by Gasteiger charge is 2.31. The zero-order chi connectivity index (χ0) is 28.3. The first-order valence-corrected chi connectivity index (χ1v) is 12.7. The van der Waals surface area contributed by atoms with Gasteiger partial charge in [-0.15, -0.1) is 18.3 Å². The van der Waals surface area contributed by atoms with Crippen molar-refractivity contribution >= 4 is 5.78 Å². The van der Waals surface area contributed by atoms with Crippen LogP contribution < -0.4 is 4.74 Å². The number of Topliss-reactive ketones (excluding diaryl/α,β-unsaturated/α-hetero) is 1. The van der Waals surface area contributed by atoms with Crippen LogP contribution in [0.15, 0.2) is 97.3 Å². The van der Waals surface area contributed by atoms with E-state index >= 15 is 0 Å². The number of alkyl halides is 3. The number of aryl methyl sites for hydroxylation is 3. The maximum Gasteiger partial charge on any atom is 0.573 e. The molecular formula is C32H26F3N3O2. The van der Waals surface area contributed by atoms with Gasteiger partial charge in [0.1, 0.15) is 12.1 Å². The predicted octanol–water partition coefficient (Wildman–Crippen LogP) is 7.93. The Labute approximate surface area is 229 Å². The molecule has 0 spiro atoms. The van der Waals surface area contributed by atoms with E-state index in [-0.39, 0.29) is 11.5 Å². The molecule has 4 aromatic carbocycles. The number of hydrogen-bond acceptors (Lipinski definition) is 4. The van der Waals surface area contributed by atoms with E-state index in [9.17, 15) is 18.0 Å². The summed E-state index contributed by atoms with van der Waals surface area (Å²) < 4.78 is 42.5. The standard InChI is InChI=1S/C32H26F3N3O2/c1-21-7-17-27(22(2)19-21)28-5-3-4-6-29(28)30(39)18-10-23-8-11-24(12-9-23)31-36-20-38(37-31)25-13-15-26(16-14-25)40-32(33,34)35/h3-9,11-17,19-20H,10,18H2,1-2H3. The van der Waals surface area contributed by atoms with E-state index in [2.05, 4.69) is 46.9 Å². The number of hydrogen-bond donors (Lipinski definition) is 0. The minimum atomic E-state index is -4.74. The lowest BCUT2D eigenvalue weighted by molar-refractivity contribution is -0.274. The minimum Gasteiger partial charge on any atom is -0.406 e. The first-order chi connectivity index (χ1) is 19.2. The first kappa shape index (κ1) is 26.9. The second-order valence-electron chi connectivity index (χ2n) is 9.54. The average molecular weight is 542 g/mol. The molecule has 0 aliphatic heterocycles. The van der Waals surface area contributed by atoms with Crippen LogP contribution in [0, 0.1) is 13.8 Å². The summed E-state index contributed by atoms with van der Waals surface area (Å²) in [5.41, 5.74) is 7.40. The molecule has 5 aromatic rings. The molecule has 202 valence electrons. The third-order valence-electron chi connectivity index (χ3n) is 6.58. The van der Waals surface area contributed by atoms with Gasteiger partial charge in [0.25, 0.3) is 0 Å².